The molecule has 4 rings (SSSR count). The van der Waals surface area contributed by atoms with Crippen LogP contribution in [0.25, 0.3) is 0 Å². The Hall–Kier alpha value is -4.04. The van der Waals surface area contributed by atoms with Crippen LogP contribution in [0, 0.1) is 12.8 Å². The molecule has 0 saturated heterocycles. The topological polar surface area (TPSA) is 83.6 Å². The molecular formula is C31H35FN4O3. The number of rotatable bonds is 10. The van der Waals surface area contributed by atoms with E-state index in [2.05, 4.69) is 22.2 Å². The predicted molar refractivity (Wildman–Crippen MR) is 151 cm³/mol. The number of allylic oxidation sites excluding steroid dienone is 1. The van der Waals surface area contributed by atoms with Crippen LogP contribution in [0.5, 0.6) is 11.5 Å². The number of amides is 2. The van der Waals surface area contributed by atoms with Crippen LogP contribution in [0.2, 0.25) is 0 Å². The molecule has 2 atom stereocenters. The third-order valence-electron chi connectivity index (χ3n) is 7.26. The van der Waals surface area contributed by atoms with Crippen LogP contribution in [0.4, 0.5) is 10.1 Å². The number of ether oxygens (including phenoxy) is 1. The number of halogens is 1. The summed E-state index contributed by atoms with van der Waals surface area (Å²) in [5.41, 5.74) is 1.94. The van der Waals surface area contributed by atoms with Crippen LogP contribution < -0.4 is 20.3 Å². The Bertz CT molecular complexity index is 1390. The molecule has 1 heterocycles. The molecule has 1 aliphatic carbocycles. The molecule has 3 aromatic rings. The van der Waals surface area contributed by atoms with Crippen molar-refractivity contribution in [2.75, 3.05) is 26.0 Å². The highest BCUT2D eigenvalue weighted by Gasteiger charge is 2.48. The highest BCUT2D eigenvalue weighted by atomic mass is 19.1. The second kappa shape index (κ2) is 11.4. The third-order valence-corrected chi connectivity index (χ3v) is 7.26. The lowest BCUT2D eigenvalue weighted by Crippen LogP contribution is -2.38. The van der Waals surface area contributed by atoms with E-state index in [1.165, 1.54) is 13.2 Å². The van der Waals surface area contributed by atoms with Gasteiger partial charge in [0.05, 0.1) is 0 Å². The van der Waals surface area contributed by atoms with Gasteiger partial charge in [0.15, 0.2) is 5.67 Å². The number of likely N-dealkylation sites (N-methyl/N-ethyl adjacent to an activating group) is 2. The molecule has 0 bridgehead atoms. The zero-order chi connectivity index (χ0) is 28.3. The number of nitrogens with one attached hydrogen (secondary N) is 2. The lowest BCUT2D eigenvalue weighted by atomic mass is 9.81. The summed E-state index contributed by atoms with van der Waals surface area (Å²) < 4.78 is 22.2. The van der Waals surface area contributed by atoms with E-state index >= 15 is 4.39 Å². The Labute approximate surface area is 229 Å². The minimum absolute atomic E-state index is 0.0707. The predicted octanol–water partition coefficient (Wildman–Crippen LogP) is 5.62. The lowest BCUT2D eigenvalue weighted by molar-refractivity contribution is -0.120. The summed E-state index contributed by atoms with van der Waals surface area (Å²) in [5, 5.41) is 5.64. The van der Waals surface area contributed by atoms with Gasteiger partial charge in [-0.05, 0) is 92.4 Å². The summed E-state index contributed by atoms with van der Waals surface area (Å²) in [6.07, 6.45) is 3.17. The second-order valence-electron chi connectivity index (χ2n) is 10.0. The molecular weight excluding hydrogens is 495 g/mol. The molecule has 2 amide bonds. The number of aryl methyl sites for hydroxylation is 1. The fraction of sp³-hybridized carbons (Fsp3) is 0.323. The average molecular weight is 531 g/mol. The first-order valence-electron chi connectivity index (χ1n) is 13.0. The van der Waals surface area contributed by atoms with Crippen molar-refractivity contribution in [1.29, 1.82) is 0 Å². The molecule has 0 radical (unpaired) electrons. The molecule has 0 spiro atoms. The van der Waals surface area contributed by atoms with Crippen molar-refractivity contribution in [3.63, 3.8) is 0 Å². The molecule has 7 nitrogen and oxygen atoms in total. The number of carbonyl (C=O) groups is 2. The molecule has 1 aliphatic rings. The van der Waals surface area contributed by atoms with Gasteiger partial charge in [-0.3, -0.25) is 14.6 Å². The highest BCUT2D eigenvalue weighted by Crippen LogP contribution is 2.53. The van der Waals surface area contributed by atoms with E-state index in [4.69, 9.17) is 4.74 Å². The van der Waals surface area contributed by atoms with E-state index < -0.39 is 11.7 Å². The number of hydrogen-bond acceptors (Lipinski definition) is 5. The van der Waals surface area contributed by atoms with Gasteiger partial charge in [-0.1, -0.05) is 18.7 Å². The average Bonchev–Trinajstić information content (AvgIpc) is 3.79. The molecule has 204 valence electrons. The van der Waals surface area contributed by atoms with E-state index in [0.29, 0.717) is 33.9 Å². The maximum absolute atomic E-state index is 16.3. The molecule has 1 fully saturated rings. The number of alkyl halides is 1. The minimum Gasteiger partial charge on any atom is -0.457 e. The van der Waals surface area contributed by atoms with Crippen molar-refractivity contribution in [1.82, 2.24) is 15.6 Å². The van der Waals surface area contributed by atoms with Gasteiger partial charge in [-0.15, -0.1) is 0 Å². The zero-order valence-electron chi connectivity index (χ0n) is 23.0. The molecule has 2 N–H and O–H groups in total. The van der Waals surface area contributed by atoms with Crippen LogP contribution in [-0.2, 0) is 10.5 Å². The van der Waals surface area contributed by atoms with Crippen LogP contribution >= 0.6 is 0 Å². The third kappa shape index (κ3) is 5.71. The zero-order valence-corrected chi connectivity index (χ0v) is 23.0. The molecule has 8 heteroatoms. The van der Waals surface area contributed by atoms with Gasteiger partial charge in [0.2, 0.25) is 5.91 Å². The van der Waals surface area contributed by atoms with Gasteiger partial charge in [0.25, 0.3) is 5.91 Å². The standard InChI is InChI=1S/C31H35FN4O3/c1-19(2)31(32,22-9-10-22)26-17-21(8-7-20(26)3)28(33-4)30(38)36(6)23-11-13-24(14-12-23)39-25-15-16-35-27(18-25)29(37)34-5/h7-8,11-18,22,28,33H,1,9-10H2,2-6H3,(H,34,37)/t28-,31?/m0/s1. The maximum atomic E-state index is 16.3. The van der Waals surface area contributed by atoms with Crippen LogP contribution in [0.3, 0.4) is 0 Å². The number of nitrogens with zero attached hydrogens (tertiary/aromatic N) is 2. The number of carbonyl (C=O) groups excluding carboxylic acids is 2. The smallest absolute Gasteiger partial charge is 0.269 e. The molecule has 2 aromatic carbocycles. The van der Waals surface area contributed by atoms with Gasteiger partial charge in [-0.2, -0.15) is 0 Å². The first-order valence-corrected chi connectivity index (χ1v) is 13.0. The van der Waals surface area contributed by atoms with Crippen molar-refractivity contribution < 1.29 is 18.7 Å². The normalized spacial score (nSPS) is 15.1. The summed E-state index contributed by atoms with van der Waals surface area (Å²) in [7, 11) is 4.96. The van der Waals surface area contributed by atoms with Crippen molar-refractivity contribution in [3.8, 4) is 11.5 Å². The monoisotopic (exact) mass is 530 g/mol. The maximum Gasteiger partial charge on any atom is 0.269 e. The van der Waals surface area contributed by atoms with Crippen LogP contribution in [-0.4, -0.2) is 37.9 Å². The largest absolute Gasteiger partial charge is 0.457 e. The summed E-state index contributed by atoms with van der Waals surface area (Å²) in [5.74, 6) is 0.451. The van der Waals surface area contributed by atoms with Gasteiger partial charge < -0.3 is 20.3 Å². The summed E-state index contributed by atoms with van der Waals surface area (Å²) in [4.78, 5) is 31.0. The van der Waals surface area contributed by atoms with E-state index in [9.17, 15) is 9.59 Å². The van der Waals surface area contributed by atoms with Gasteiger partial charge >= 0.3 is 0 Å². The fourth-order valence-corrected chi connectivity index (χ4v) is 4.84. The number of pyridine rings is 1. The Morgan fingerprint density at radius 3 is 2.38 bits per heavy atom. The van der Waals surface area contributed by atoms with Crippen LogP contribution in [0.1, 0.15) is 53.0 Å². The molecule has 0 aliphatic heterocycles. The SMILES string of the molecule is C=C(C)C(F)(c1cc([C@H](NC)C(=O)N(C)c2ccc(Oc3ccnc(C(=O)NC)c3)cc2)ccc1C)C1CC1. The Morgan fingerprint density at radius 1 is 1.10 bits per heavy atom. The first-order chi connectivity index (χ1) is 18.6. The quantitative estimate of drug-likeness (QED) is 0.333. The number of anilines is 1. The van der Waals surface area contributed by atoms with E-state index in [0.717, 1.165) is 18.4 Å². The van der Waals surface area contributed by atoms with Gasteiger partial charge in [0.1, 0.15) is 23.2 Å². The number of hydrogen-bond donors (Lipinski definition) is 2. The van der Waals surface area contributed by atoms with Gasteiger partial charge in [-0.25, -0.2) is 4.39 Å². The first kappa shape index (κ1) is 28.0. The molecule has 1 unspecified atom stereocenters. The van der Waals surface area contributed by atoms with E-state index in [1.54, 1.807) is 62.3 Å². The van der Waals surface area contributed by atoms with Crippen molar-refractivity contribution >= 4 is 17.5 Å². The minimum atomic E-state index is -1.60. The Kier molecular flexibility index (Phi) is 8.16. The van der Waals surface area contributed by atoms with E-state index in [-0.39, 0.29) is 23.4 Å². The lowest BCUT2D eigenvalue weighted by Gasteiger charge is -2.30. The summed E-state index contributed by atoms with van der Waals surface area (Å²) in [6.45, 7) is 7.59. The van der Waals surface area contributed by atoms with Gasteiger partial charge in [0, 0.05) is 38.0 Å². The Morgan fingerprint density at radius 2 is 1.79 bits per heavy atom. The van der Waals surface area contributed by atoms with Crippen molar-refractivity contribution in [2.24, 2.45) is 5.92 Å². The Balaban J connectivity index is 1.53. The molecule has 39 heavy (non-hydrogen) atoms. The number of benzene rings is 2. The second-order valence-corrected chi connectivity index (χ2v) is 10.0. The molecule has 1 aromatic heterocycles. The van der Waals surface area contributed by atoms with Crippen LogP contribution in [0.15, 0.2) is 72.9 Å². The number of aromatic nitrogens is 1. The molecule has 1 saturated carbocycles. The van der Waals surface area contributed by atoms with Crippen molar-refractivity contribution in [3.05, 3.63) is 95.3 Å². The summed E-state index contributed by atoms with van der Waals surface area (Å²) in [6, 6.07) is 15.2. The van der Waals surface area contributed by atoms with E-state index in [1.807, 2.05) is 25.1 Å². The highest BCUT2D eigenvalue weighted by molar-refractivity contribution is 5.97. The van der Waals surface area contributed by atoms with Crippen molar-refractivity contribution in [2.45, 2.75) is 38.4 Å². The summed E-state index contributed by atoms with van der Waals surface area (Å²) >= 11 is 0. The fourth-order valence-electron chi connectivity index (χ4n) is 4.84.